The van der Waals surface area contributed by atoms with E-state index in [1.165, 1.54) is 4.90 Å². The Morgan fingerprint density at radius 1 is 0.821 bits per heavy atom. The molecule has 0 aliphatic carbocycles. The topological polar surface area (TPSA) is 36.4 Å². The van der Waals surface area contributed by atoms with Gasteiger partial charge in [-0.2, -0.15) is 26.3 Å². The maximum atomic E-state index is 12.8. The van der Waals surface area contributed by atoms with Crippen molar-refractivity contribution in [2.24, 2.45) is 0 Å². The minimum Gasteiger partial charge on any atom is -0.353 e. The van der Waals surface area contributed by atoms with Crippen molar-refractivity contribution in [1.82, 2.24) is 9.88 Å². The highest BCUT2D eigenvalue weighted by atomic mass is 19.4. The highest BCUT2D eigenvalue weighted by Gasteiger charge is 2.32. The molecular weight excluding hydrogens is 388 g/mol. The van der Waals surface area contributed by atoms with Gasteiger partial charge in [-0.15, -0.1) is 0 Å². The van der Waals surface area contributed by atoms with Gasteiger partial charge in [0.15, 0.2) is 0 Å². The second kappa shape index (κ2) is 7.33. The molecule has 10 heteroatoms. The van der Waals surface area contributed by atoms with Crippen LogP contribution in [0.1, 0.15) is 21.5 Å². The van der Waals surface area contributed by atoms with Crippen molar-refractivity contribution >= 4 is 11.7 Å². The number of aromatic nitrogens is 1. The minimum atomic E-state index is -4.48. The van der Waals surface area contributed by atoms with Crippen LogP contribution in [0.2, 0.25) is 0 Å². The third kappa shape index (κ3) is 4.37. The molecule has 0 saturated carbocycles. The molecule has 1 aromatic heterocycles. The summed E-state index contributed by atoms with van der Waals surface area (Å²) in [4.78, 5) is 19.5. The number of carbonyl (C=O) groups excluding carboxylic acids is 1. The van der Waals surface area contributed by atoms with Crippen LogP contribution in [-0.2, 0) is 12.4 Å². The standard InChI is InChI=1S/C18H15F6N3O/c19-17(20,21)13-3-1-12(2-4-13)16(28)27-9-7-26(8-10-27)15-11-14(5-6-25-15)18(22,23)24/h1-6,11H,7-10H2. The number of pyridine rings is 1. The lowest BCUT2D eigenvalue weighted by Gasteiger charge is -2.35. The second-order valence-corrected chi connectivity index (χ2v) is 6.25. The molecule has 28 heavy (non-hydrogen) atoms. The Bertz CT molecular complexity index is 840. The van der Waals surface area contributed by atoms with Crippen molar-refractivity contribution in [2.75, 3.05) is 31.1 Å². The lowest BCUT2D eigenvalue weighted by atomic mass is 10.1. The number of nitrogens with zero attached hydrogens (tertiary/aromatic N) is 3. The van der Waals surface area contributed by atoms with Gasteiger partial charge in [0.25, 0.3) is 5.91 Å². The molecule has 1 saturated heterocycles. The summed E-state index contributed by atoms with van der Waals surface area (Å²) < 4.78 is 76.3. The number of alkyl halides is 6. The molecule has 0 bridgehead atoms. The molecule has 1 amide bonds. The van der Waals surface area contributed by atoms with Gasteiger partial charge in [0.2, 0.25) is 0 Å². The van der Waals surface area contributed by atoms with Crippen molar-refractivity contribution in [3.63, 3.8) is 0 Å². The first-order valence-electron chi connectivity index (χ1n) is 8.30. The lowest BCUT2D eigenvalue weighted by molar-refractivity contribution is -0.138. The van der Waals surface area contributed by atoms with Gasteiger partial charge in [0.1, 0.15) is 5.82 Å². The Morgan fingerprint density at radius 2 is 1.39 bits per heavy atom. The summed E-state index contributed by atoms with van der Waals surface area (Å²) in [6.07, 6.45) is -7.87. The number of hydrogen-bond donors (Lipinski definition) is 0. The normalized spacial score (nSPS) is 15.6. The largest absolute Gasteiger partial charge is 0.416 e. The van der Waals surface area contributed by atoms with E-state index in [2.05, 4.69) is 4.98 Å². The average molecular weight is 403 g/mol. The van der Waals surface area contributed by atoms with Crippen molar-refractivity contribution < 1.29 is 31.1 Å². The first kappa shape index (κ1) is 20.0. The molecule has 1 aromatic carbocycles. The molecule has 1 fully saturated rings. The second-order valence-electron chi connectivity index (χ2n) is 6.25. The maximum absolute atomic E-state index is 12.8. The molecule has 2 heterocycles. The summed E-state index contributed by atoms with van der Waals surface area (Å²) in [5.74, 6) is -0.262. The zero-order chi connectivity index (χ0) is 20.5. The number of benzene rings is 1. The van der Waals surface area contributed by atoms with Crippen LogP contribution in [-0.4, -0.2) is 42.0 Å². The van der Waals surface area contributed by atoms with Crippen LogP contribution in [0.15, 0.2) is 42.6 Å². The van der Waals surface area contributed by atoms with Gasteiger partial charge in [-0.1, -0.05) is 0 Å². The van der Waals surface area contributed by atoms with Gasteiger partial charge in [0, 0.05) is 37.9 Å². The third-order valence-electron chi connectivity index (χ3n) is 4.42. The molecule has 4 nitrogen and oxygen atoms in total. The van der Waals surface area contributed by atoms with E-state index >= 15 is 0 Å². The maximum Gasteiger partial charge on any atom is 0.416 e. The molecule has 0 radical (unpaired) electrons. The Kier molecular flexibility index (Phi) is 5.22. The van der Waals surface area contributed by atoms with E-state index in [0.29, 0.717) is 0 Å². The van der Waals surface area contributed by atoms with E-state index in [9.17, 15) is 31.1 Å². The van der Waals surface area contributed by atoms with Gasteiger partial charge >= 0.3 is 12.4 Å². The quantitative estimate of drug-likeness (QED) is 0.709. The van der Waals surface area contributed by atoms with Crippen LogP contribution in [0.25, 0.3) is 0 Å². The highest BCUT2D eigenvalue weighted by Crippen LogP contribution is 2.31. The van der Waals surface area contributed by atoms with Crippen LogP contribution >= 0.6 is 0 Å². The van der Waals surface area contributed by atoms with E-state index in [0.717, 1.165) is 42.6 Å². The molecule has 0 N–H and O–H groups in total. The molecule has 0 spiro atoms. The molecule has 150 valence electrons. The summed E-state index contributed by atoms with van der Waals surface area (Å²) in [6.45, 7) is 0.969. The third-order valence-corrected chi connectivity index (χ3v) is 4.42. The Labute approximate surface area is 156 Å². The highest BCUT2D eigenvalue weighted by molar-refractivity contribution is 5.94. The van der Waals surface area contributed by atoms with Crippen LogP contribution in [0.3, 0.4) is 0 Å². The Hall–Kier alpha value is -2.78. The van der Waals surface area contributed by atoms with E-state index in [-0.39, 0.29) is 37.6 Å². The first-order valence-corrected chi connectivity index (χ1v) is 8.30. The molecule has 2 aromatic rings. The number of amides is 1. The zero-order valence-corrected chi connectivity index (χ0v) is 14.4. The number of piperazine rings is 1. The molecule has 1 aliphatic heterocycles. The molecule has 1 aliphatic rings. The number of halogens is 6. The Balaban J connectivity index is 1.64. The summed E-state index contributed by atoms with van der Waals surface area (Å²) in [7, 11) is 0. The number of rotatable bonds is 2. The SMILES string of the molecule is O=C(c1ccc(C(F)(F)F)cc1)N1CCN(c2cc(C(F)(F)F)ccn2)CC1. The summed E-state index contributed by atoms with van der Waals surface area (Å²) in [5, 5.41) is 0. The minimum absolute atomic E-state index is 0.124. The molecule has 0 unspecified atom stereocenters. The number of hydrogen-bond acceptors (Lipinski definition) is 3. The van der Waals surface area contributed by atoms with Gasteiger partial charge in [-0.25, -0.2) is 4.98 Å². The van der Waals surface area contributed by atoms with Gasteiger partial charge in [-0.05, 0) is 36.4 Å². The fraction of sp³-hybridized carbons (Fsp3) is 0.333. The average Bonchev–Trinajstić information content (AvgIpc) is 2.66. The molecule has 3 rings (SSSR count). The van der Waals surface area contributed by atoms with Crippen LogP contribution < -0.4 is 4.90 Å². The molecule has 0 atom stereocenters. The monoisotopic (exact) mass is 403 g/mol. The predicted octanol–water partition coefficient (Wildman–Crippen LogP) is 4.08. The van der Waals surface area contributed by atoms with Crippen LogP contribution in [0, 0.1) is 0 Å². The van der Waals surface area contributed by atoms with Crippen LogP contribution in [0.4, 0.5) is 32.2 Å². The fourth-order valence-corrected chi connectivity index (χ4v) is 2.89. The summed E-state index contributed by atoms with van der Waals surface area (Å²) in [5.41, 5.74) is -1.52. The number of carbonyl (C=O) groups is 1. The fourth-order valence-electron chi connectivity index (χ4n) is 2.89. The molecular formula is C18H15F6N3O. The smallest absolute Gasteiger partial charge is 0.353 e. The van der Waals surface area contributed by atoms with E-state index in [1.807, 2.05) is 0 Å². The van der Waals surface area contributed by atoms with Crippen LogP contribution in [0.5, 0.6) is 0 Å². The lowest BCUT2D eigenvalue weighted by Crippen LogP contribution is -2.49. The van der Waals surface area contributed by atoms with Crippen molar-refractivity contribution in [2.45, 2.75) is 12.4 Å². The predicted molar refractivity (Wildman–Crippen MR) is 88.8 cm³/mol. The van der Waals surface area contributed by atoms with Gasteiger partial charge in [-0.3, -0.25) is 4.79 Å². The number of anilines is 1. The van der Waals surface area contributed by atoms with Crippen molar-refractivity contribution in [3.8, 4) is 0 Å². The van der Waals surface area contributed by atoms with Crippen molar-refractivity contribution in [1.29, 1.82) is 0 Å². The van der Waals surface area contributed by atoms with Crippen molar-refractivity contribution in [3.05, 3.63) is 59.3 Å². The van der Waals surface area contributed by atoms with Gasteiger partial charge < -0.3 is 9.80 Å². The van der Waals surface area contributed by atoms with E-state index in [4.69, 9.17) is 0 Å². The first-order chi connectivity index (χ1) is 13.1. The van der Waals surface area contributed by atoms with E-state index < -0.39 is 29.4 Å². The Morgan fingerprint density at radius 3 is 1.93 bits per heavy atom. The van der Waals surface area contributed by atoms with E-state index in [1.54, 1.807) is 4.90 Å². The zero-order valence-electron chi connectivity index (χ0n) is 14.4. The summed E-state index contributed by atoms with van der Waals surface area (Å²) >= 11 is 0. The summed E-state index contributed by atoms with van der Waals surface area (Å²) in [6, 6.07) is 5.76. The van der Waals surface area contributed by atoms with Gasteiger partial charge in [0.05, 0.1) is 11.1 Å².